The monoisotopic (exact) mass is 408 g/mol. The molecule has 1 atom stereocenters. The molecule has 0 spiro atoms. The normalized spacial score (nSPS) is 16.5. The molecule has 9 nitrogen and oxygen atoms in total. The van der Waals surface area contributed by atoms with Crippen molar-refractivity contribution < 1.29 is 0 Å². The Balaban J connectivity index is 1.53. The van der Waals surface area contributed by atoms with Crippen LogP contribution in [0.15, 0.2) is 47.2 Å². The molecule has 0 amide bonds. The summed E-state index contributed by atoms with van der Waals surface area (Å²) in [5.41, 5.74) is 8.99. The summed E-state index contributed by atoms with van der Waals surface area (Å²) < 4.78 is 5.99. The lowest BCUT2D eigenvalue weighted by Gasteiger charge is -2.16. The average Bonchev–Trinajstić information content (AvgIpc) is 3.34. The molecule has 0 aliphatic carbocycles. The highest BCUT2D eigenvalue weighted by atomic mass is 32.1. The van der Waals surface area contributed by atoms with Gasteiger partial charge in [-0.2, -0.15) is 10.2 Å². The van der Waals surface area contributed by atoms with Gasteiger partial charge >= 0.3 is 0 Å². The van der Waals surface area contributed by atoms with Gasteiger partial charge in [-0.1, -0.05) is 6.08 Å². The van der Waals surface area contributed by atoms with E-state index in [-0.39, 0.29) is 11.7 Å². The van der Waals surface area contributed by atoms with E-state index in [0.29, 0.717) is 18.5 Å². The Hall–Kier alpha value is -3.24. The number of aromatic nitrogens is 6. The summed E-state index contributed by atoms with van der Waals surface area (Å²) >= 11 is 1.58. The van der Waals surface area contributed by atoms with Crippen LogP contribution in [0.5, 0.6) is 0 Å². The van der Waals surface area contributed by atoms with Gasteiger partial charge in [0.1, 0.15) is 10.5 Å². The molecule has 1 unspecified atom stereocenters. The first-order chi connectivity index (χ1) is 14.0. The third-order valence-electron chi connectivity index (χ3n) is 4.96. The third-order valence-corrected chi connectivity index (χ3v) is 6.04. The molecule has 4 aromatic rings. The third kappa shape index (κ3) is 3.06. The minimum atomic E-state index is -0.174. The van der Waals surface area contributed by atoms with Crippen LogP contribution in [-0.4, -0.2) is 35.3 Å². The van der Waals surface area contributed by atoms with Crippen molar-refractivity contribution in [3.63, 3.8) is 0 Å². The number of aryl methyl sites for hydroxylation is 2. The highest BCUT2D eigenvalue weighted by molar-refractivity contribution is 7.19. The summed E-state index contributed by atoms with van der Waals surface area (Å²) in [5.74, 6) is 0. The zero-order valence-corrected chi connectivity index (χ0v) is 16.8. The molecule has 0 saturated heterocycles. The van der Waals surface area contributed by atoms with E-state index in [2.05, 4.69) is 15.5 Å². The van der Waals surface area contributed by atoms with Crippen LogP contribution in [0.25, 0.3) is 21.3 Å². The summed E-state index contributed by atoms with van der Waals surface area (Å²) in [7, 11) is 3.72. The second-order valence-electron chi connectivity index (χ2n) is 7.09. The highest BCUT2D eigenvalue weighted by Crippen LogP contribution is 2.31. The van der Waals surface area contributed by atoms with Crippen molar-refractivity contribution >= 4 is 32.6 Å². The molecule has 4 aromatic heterocycles. The summed E-state index contributed by atoms with van der Waals surface area (Å²) in [5, 5.41) is 13.7. The molecule has 0 aromatic carbocycles. The number of nitrogens with two attached hydrogens (primary N) is 1. The van der Waals surface area contributed by atoms with Crippen molar-refractivity contribution in [1.82, 2.24) is 34.4 Å². The minimum absolute atomic E-state index is 0.143. The molecule has 1 aliphatic rings. The second-order valence-corrected chi connectivity index (χ2v) is 8.18. The first-order valence-corrected chi connectivity index (χ1v) is 10.0. The van der Waals surface area contributed by atoms with E-state index in [1.807, 2.05) is 49.2 Å². The van der Waals surface area contributed by atoms with E-state index in [4.69, 9.17) is 10.7 Å². The number of nitrogens with one attached hydrogen (secondary N) is 1. The summed E-state index contributed by atoms with van der Waals surface area (Å²) in [4.78, 5) is 17.8. The number of nitrogens with zero attached hydrogens (tertiary/aromatic N) is 6. The maximum absolute atomic E-state index is 13.0. The summed E-state index contributed by atoms with van der Waals surface area (Å²) in [6.45, 7) is 0.334. The smallest absolute Gasteiger partial charge is 0.291 e. The maximum Gasteiger partial charge on any atom is 0.291 e. The predicted molar refractivity (Wildman–Crippen MR) is 113 cm³/mol. The molecular formula is C19H20N8OS. The maximum atomic E-state index is 13.0. The van der Waals surface area contributed by atoms with E-state index in [1.54, 1.807) is 22.2 Å². The van der Waals surface area contributed by atoms with Gasteiger partial charge in [0.2, 0.25) is 0 Å². The molecular weight excluding hydrogens is 388 g/mol. The number of fused-ring (bicyclic) bond motifs is 3. The van der Waals surface area contributed by atoms with Crippen LogP contribution in [0.4, 0.5) is 0 Å². The van der Waals surface area contributed by atoms with E-state index in [1.165, 1.54) is 4.68 Å². The van der Waals surface area contributed by atoms with Crippen molar-refractivity contribution in [3.8, 4) is 0 Å². The molecule has 29 heavy (non-hydrogen) atoms. The highest BCUT2D eigenvalue weighted by Gasteiger charge is 2.19. The SMILES string of the molecule is Cn1ccc(Cn2ncc3c4sc(CC5=CC=CC(N)N5)nc4n(C)c3c2=O)n1. The van der Waals surface area contributed by atoms with Crippen LogP contribution < -0.4 is 16.6 Å². The van der Waals surface area contributed by atoms with E-state index < -0.39 is 0 Å². The number of dihydropyridines is 1. The van der Waals surface area contributed by atoms with Gasteiger partial charge in [-0.05, 0) is 18.2 Å². The predicted octanol–water partition coefficient (Wildman–Crippen LogP) is 0.997. The molecule has 5 rings (SSSR count). The van der Waals surface area contributed by atoms with Gasteiger partial charge in [0.15, 0.2) is 5.65 Å². The fraction of sp³-hybridized carbons (Fsp3) is 0.263. The molecule has 3 N–H and O–H groups in total. The fourth-order valence-corrected chi connectivity index (χ4v) is 4.72. The van der Waals surface area contributed by atoms with Crippen molar-refractivity contribution in [2.45, 2.75) is 19.1 Å². The Labute approximate surface area is 169 Å². The zero-order chi connectivity index (χ0) is 20.1. The Morgan fingerprint density at radius 3 is 2.97 bits per heavy atom. The quantitative estimate of drug-likeness (QED) is 0.521. The van der Waals surface area contributed by atoms with Crippen LogP contribution >= 0.6 is 11.3 Å². The first kappa shape index (κ1) is 17.8. The van der Waals surface area contributed by atoms with Crippen LogP contribution in [0.2, 0.25) is 0 Å². The first-order valence-electron chi connectivity index (χ1n) is 9.21. The number of thiazole rings is 1. The minimum Gasteiger partial charge on any atom is -0.370 e. The molecule has 10 heteroatoms. The zero-order valence-electron chi connectivity index (χ0n) is 16.0. The van der Waals surface area contributed by atoms with E-state index >= 15 is 0 Å². The Morgan fingerprint density at radius 1 is 1.34 bits per heavy atom. The van der Waals surface area contributed by atoms with Gasteiger partial charge in [0, 0.05) is 37.8 Å². The lowest BCUT2D eigenvalue weighted by Crippen LogP contribution is -2.36. The van der Waals surface area contributed by atoms with Crippen molar-refractivity contribution in [2.24, 2.45) is 19.8 Å². The standard InChI is InChI=1S/C19H20N8OS/c1-25-7-6-12(24-25)10-27-19(28)16-13(9-21-27)17-18(26(16)2)23-15(29-17)8-11-4-3-5-14(20)22-11/h3-7,9,14,22H,8,10,20H2,1-2H3. The Kier molecular flexibility index (Phi) is 4.10. The van der Waals surface area contributed by atoms with Gasteiger partial charge in [0.05, 0.1) is 29.3 Å². The van der Waals surface area contributed by atoms with Gasteiger partial charge in [-0.3, -0.25) is 9.48 Å². The van der Waals surface area contributed by atoms with E-state index in [0.717, 1.165) is 32.1 Å². The molecule has 0 radical (unpaired) electrons. The molecule has 0 bridgehead atoms. The Bertz CT molecular complexity index is 1350. The second kappa shape index (κ2) is 6.68. The topological polar surface area (TPSA) is 109 Å². The van der Waals surface area contributed by atoms with Gasteiger partial charge in [-0.25, -0.2) is 9.67 Å². The van der Waals surface area contributed by atoms with Gasteiger partial charge in [0.25, 0.3) is 5.56 Å². The van der Waals surface area contributed by atoms with Crippen LogP contribution in [0.3, 0.4) is 0 Å². The number of rotatable bonds is 4. The molecule has 148 valence electrons. The summed E-state index contributed by atoms with van der Waals surface area (Å²) in [6.07, 6.45) is 9.95. The van der Waals surface area contributed by atoms with Gasteiger partial charge in [-0.15, -0.1) is 11.3 Å². The molecule has 1 aliphatic heterocycles. The van der Waals surface area contributed by atoms with Crippen LogP contribution in [-0.2, 0) is 27.1 Å². The van der Waals surface area contributed by atoms with Crippen molar-refractivity contribution in [3.05, 3.63) is 63.4 Å². The largest absolute Gasteiger partial charge is 0.370 e. The Morgan fingerprint density at radius 2 is 2.21 bits per heavy atom. The average molecular weight is 408 g/mol. The molecule has 0 saturated carbocycles. The van der Waals surface area contributed by atoms with Gasteiger partial charge < -0.3 is 15.6 Å². The lowest BCUT2D eigenvalue weighted by atomic mass is 10.2. The fourth-order valence-electron chi connectivity index (χ4n) is 3.60. The number of allylic oxidation sites excluding steroid dienone is 3. The van der Waals surface area contributed by atoms with Crippen molar-refractivity contribution in [2.75, 3.05) is 0 Å². The van der Waals surface area contributed by atoms with Crippen LogP contribution in [0, 0.1) is 0 Å². The number of hydrogen-bond donors (Lipinski definition) is 2. The van der Waals surface area contributed by atoms with Crippen molar-refractivity contribution in [1.29, 1.82) is 0 Å². The summed E-state index contributed by atoms with van der Waals surface area (Å²) in [6, 6.07) is 1.88. The molecule has 5 heterocycles. The number of hydrogen-bond acceptors (Lipinski definition) is 7. The van der Waals surface area contributed by atoms with Crippen LogP contribution in [0.1, 0.15) is 10.7 Å². The van der Waals surface area contributed by atoms with E-state index in [9.17, 15) is 4.79 Å². The molecule has 0 fully saturated rings. The lowest BCUT2D eigenvalue weighted by molar-refractivity contribution is 0.619.